The first kappa shape index (κ1) is 29.8. The fourth-order valence-corrected chi connectivity index (χ4v) is 3.85. The first-order valence-corrected chi connectivity index (χ1v) is 12.8. The van der Waals surface area contributed by atoms with E-state index in [1.165, 1.54) is 12.5 Å². The first-order valence-electron chi connectivity index (χ1n) is 12.8. The van der Waals surface area contributed by atoms with Gasteiger partial charge in [-0.1, -0.05) is 60.7 Å². The molecule has 1 aromatic heterocycles. The molecule has 5 N–H and O–H groups in total. The Morgan fingerprint density at radius 2 is 1.57 bits per heavy atom. The van der Waals surface area contributed by atoms with Crippen LogP contribution >= 0.6 is 0 Å². The van der Waals surface area contributed by atoms with Crippen molar-refractivity contribution in [3.05, 3.63) is 90.0 Å². The number of carboxylic acid groups (broad SMARTS) is 1. The van der Waals surface area contributed by atoms with Gasteiger partial charge in [0.1, 0.15) is 19.3 Å². The van der Waals surface area contributed by atoms with Crippen LogP contribution in [0.3, 0.4) is 0 Å². The van der Waals surface area contributed by atoms with Crippen LogP contribution < -0.4 is 11.1 Å². The molecule has 3 aromatic rings. The molecular weight excluding hydrogens is 518 g/mol. The standard InChI is InChI=1S/C28H33N5O7/c29-23(15-22-16-30-19-32-22)25(34)33(28(38)40-18-21-11-5-2-6-12-21)24(26(35)36)13-7-8-14-31-27(37)39-17-20-9-3-1-4-10-20/h1-6,9-12,16,19,23-24H,7-8,13-15,17-18,29H2,(H,30,32)(H,31,37)(H,35,36)/t23-,24-/m0/s1. The maximum Gasteiger partial charge on any atom is 0.417 e. The van der Waals surface area contributed by atoms with Gasteiger partial charge in [0.25, 0.3) is 0 Å². The zero-order valence-electron chi connectivity index (χ0n) is 21.9. The molecule has 0 aliphatic rings. The van der Waals surface area contributed by atoms with E-state index in [1.54, 1.807) is 30.3 Å². The molecule has 12 heteroatoms. The highest BCUT2D eigenvalue weighted by atomic mass is 16.6. The molecule has 0 saturated carbocycles. The van der Waals surface area contributed by atoms with Crippen molar-refractivity contribution in [2.24, 2.45) is 5.73 Å². The van der Waals surface area contributed by atoms with Gasteiger partial charge in [-0.05, 0) is 30.4 Å². The number of nitrogens with two attached hydrogens (primary N) is 1. The van der Waals surface area contributed by atoms with Crippen LogP contribution in [0.25, 0.3) is 0 Å². The van der Waals surface area contributed by atoms with Gasteiger partial charge in [0.15, 0.2) is 0 Å². The lowest BCUT2D eigenvalue weighted by Crippen LogP contribution is -2.55. The normalized spacial score (nSPS) is 12.1. The topological polar surface area (TPSA) is 177 Å². The lowest BCUT2D eigenvalue weighted by molar-refractivity contribution is -0.149. The van der Waals surface area contributed by atoms with Crippen LogP contribution in [0.5, 0.6) is 0 Å². The molecule has 2 aromatic carbocycles. The average molecular weight is 552 g/mol. The molecule has 3 amide bonds. The van der Waals surface area contributed by atoms with Crippen molar-refractivity contribution >= 4 is 24.1 Å². The van der Waals surface area contributed by atoms with Crippen LogP contribution in [0.4, 0.5) is 9.59 Å². The number of aromatic amines is 1. The van der Waals surface area contributed by atoms with Crippen molar-refractivity contribution in [2.45, 2.75) is 51.0 Å². The molecule has 212 valence electrons. The number of imide groups is 1. The van der Waals surface area contributed by atoms with Crippen molar-refractivity contribution in [3.63, 3.8) is 0 Å². The number of carboxylic acids is 1. The van der Waals surface area contributed by atoms with E-state index in [2.05, 4.69) is 15.3 Å². The summed E-state index contributed by atoms with van der Waals surface area (Å²) in [6, 6.07) is 15.3. The molecule has 0 saturated heterocycles. The van der Waals surface area contributed by atoms with Gasteiger partial charge in [0.2, 0.25) is 5.91 Å². The summed E-state index contributed by atoms with van der Waals surface area (Å²) in [5.41, 5.74) is 8.14. The largest absolute Gasteiger partial charge is 0.480 e. The van der Waals surface area contributed by atoms with Gasteiger partial charge >= 0.3 is 18.2 Å². The molecule has 0 fully saturated rings. The Labute approximate surface area is 231 Å². The third kappa shape index (κ3) is 9.55. The second kappa shape index (κ2) is 15.6. The number of aromatic nitrogens is 2. The highest BCUT2D eigenvalue weighted by molar-refractivity contribution is 5.99. The number of imidazole rings is 1. The Balaban J connectivity index is 1.58. The van der Waals surface area contributed by atoms with Gasteiger partial charge in [-0.2, -0.15) is 0 Å². The molecule has 2 atom stereocenters. The van der Waals surface area contributed by atoms with Gasteiger partial charge in [0.05, 0.1) is 12.4 Å². The monoisotopic (exact) mass is 551 g/mol. The van der Waals surface area contributed by atoms with E-state index in [0.717, 1.165) is 5.56 Å². The van der Waals surface area contributed by atoms with Gasteiger partial charge in [0, 0.05) is 24.9 Å². The minimum absolute atomic E-state index is 0.0165. The summed E-state index contributed by atoms with van der Waals surface area (Å²) in [6.07, 6.45) is 1.80. The van der Waals surface area contributed by atoms with E-state index in [9.17, 15) is 24.3 Å². The number of hydrogen-bond acceptors (Lipinski definition) is 8. The molecule has 1 heterocycles. The molecular formula is C28H33N5O7. The second-order valence-corrected chi connectivity index (χ2v) is 8.97. The van der Waals surface area contributed by atoms with Crippen LogP contribution in [0.1, 0.15) is 36.1 Å². The Hall–Kier alpha value is -4.71. The summed E-state index contributed by atoms with van der Waals surface area (Å²) in [5, 5.41) is 12.5. The predicted molar refractivity (Wildman–Crippen MR) is 144 cm³/mol. The molecule has 0 unspecified atom stereocenters. The lowest BCUT2D eigenvalue weighted by Gasteiger charge is -2.28. The highest BCUT2D eigenvalue weighted by Crippen LogP contribution is 2.15. The molecule has 3 rings (SSSR count). The number of nitrogens with one attached hydrogen (secondary N) is 2. The molecule has 0 aliphatic heterocycles. The minimum Gasteiger partial charge on any atom is -0.480 e. The third-order valence-corrected chi connectivity index (χ3v) is 5.93. The number of aliphatic carboxylic acids is 1. The zero-order valence-corrected chi connectivity index (χ0v) is 21.9. The molecule has 0 bridgehead atoms. The highest BCUT2D eigenvalue weighted by Gasteiger charge is 2.38. The van der Waals surface area contributed by atoms with E-state index in [0.29, 0.717) is 22.6 Å². The SMILES string of the molecule is N[C@@H](Cc1cnc[nH]1)C(=O)N(C(=O)OCc1ccccc1)[C@@H](CCCCNC(=O)OCc1ccccc1)C(=O)O. The summed E-state index contributed by atoms with van der Waals surface area (Å²) in [5.74, 6) is -2.27. The van der Waals surface area contributed by atoms with E-state index in [4.69, 9.17) is 15.2 Å². The van der Waals surface area contributed by atoms with Crippen LogP contribution in [0.2, 0.25) is 0 Å². The average Bonchev–Trinajstić information content (AvgIpc) is 3.48. The number of carbonyl (C=O) groups is 4. The number of rotatable bonds is 14. The Morgan fingerprint density at radius 1 is 0.950 bits per heavy atom. The number of benzene rings is 2. The number of nitrogens with zero attached hydrogens (tertiary/aromatic N) is 2. The number of unbranched alkanes of at least 4 members (excludes halogenated alkanes) is 1. The predicted octanol–water partition coefficient (Wildman–Crippen LogP) is 2.99. The van der Waals surface area contributed by atoms with Crippen molar-refractivity contribution in [3.8, 4) is 0 Å². The number of H-pyrrole nitrogens is 1. The number of ether oxygens (including phenoxy) is 2. The summed E-state index contributed by atoms with van der Waals surface area (Å²) < 4.78 is 10.5. The quantitative estimate of drug-likeness (QED) is 0.219. The van der Waals surface area contributed by atoms with Gasteiger partial charge < -0.3 is 30.6 Å². The molecule has 12 nitrogen and oxygen atoms in total. The van der Waals surface area contributed by atoms with Crippen LogP contribution in [-0.2, 0) is 38.7 Å². The van der Waals surface area contributed by atoms with E-state index in [-0.39, 0.29) is 39.0 Å². The third-order valence-electron chi connectivity index (χ3n) is 5.93. The maximum absolute atomic E-state index is 13.3. The summed E-state index contributed by atoms with van der Waals surface area (Å²) in [4.78, 5) is 57.7. The summed E-state index contributed by atoms with van der Waals surface area (Å²) in [7, 11) is 0. The van der Waals surface area contributed by atoms with Crippen molar-refractivity contribution in [1.29, 1.82) is 0 Å². The van der Waals surface area contributed by atoms with E-state index >= 15 is 0 Å². The van der Waals surface area contributed by atoms with Crippen molar-refractivity contribution < 1.29 is 33.8 Å². The number of amides is 3. The number of alkyl carbamates (subject to hydrolysis) is 1. The first-order chi connectivity index (χ1) is 19.3. The maximum atomic E-state index is 13.3. The molecule has 0 aliphatic carbocycles. The fraction of sp³-hybridized carbons (Fsp3) is 0.321. The van der Waals surface area contributed by atoms with E-state index in [1.807, 2.05) is 30.3 Å². The van der Waals surface area contributed by atoms with Gasteiger partial charge in [-0.25, -0.2) is 24.3 Å². The van der Waals surface area contributed by atoms with Gasteiger partial charge in [-0.3, -0.25) is 4.79 Å². The molecule has 40 heavy (non-hydrogen) atoms. The van der Waals surface area contributed by atoms with Crippen molar-refractivity contribution in [1.82, 2.24) is 20.2 Å². The zero-order chi connectivity index (χ0) is 28.7. The lowest BCUT2D eigenvalue weighted by atomic mass is 10.1. The smallest absolute Gasteiger partial charge is 0.417 e. The van der Waals surface area contributed by atoms with Crippen molar-refractivity contribution in [2.75, 3.05) is 6.54 Å². The van der Waals surface area contributed by atoms with Crippen LogP contribution in [-0.4, -0.2) is 62.7 Å². The fourth-order valence-electron chi connectivity index (χ4n) is 3.85. The van der Waals surface area contributed by atoms with E-state index < -0.39 is 36.1 Å². The number of hydrogen-bond donors (Lipinski definition) is 4. The van der Waals surface area contributed by atoms with Crippen LogP contribution in [0.15, 0.2) is 73.2 Å². The Morgan fingerprint density at radius 3 is 2.15 bits per heavy atom. The van der Waals surface area contributed by atoms with Crippen LogP contribution in [0, 0.1) is 0 Å². The second-order valence-electron chi connectivity index (χ2n) is 8.97. The van der Waals surface area contributed by atoms with Gasteiger partial charge in [-0.15, -0.1) is 0 Å². The number of carbonyl (C=O) groups excluding carboxylic acids is 3. The Bertz CT molecular complexity index is 1220. The molecule has 0 radical (unpaired) electrons. The summed E-state index contributed by atoms with van der Waals surface area (Å²) in [6.45, 7) is 0.182. The Kier molecular flexibility index (Phi) is 11.7. The minimum atomic E-state index is -1.52. The molecule has 0 spiro atoms. The summed E-state index contributed by atoms with van der Waals surface area (Å²) >= 11 is 0.